The monoisotopic (exact) mass is 331 g/mol. The van der Waals surface area contributed by atoms with Crippen LogP contribution in [0.25, 0.3) is 0 Å². The molecule has 2 aromatic rings. The minimum atomic E-state index is 0.102. The van der Waals surface area contributed by atoms with Crippen LogP contribution in [-0.4, -0.2) is 37.9 Å². The third kappa shape index (κ3) is 3.85. The van der Waals surface area contributed by atoms with E-state index in [-0.39, 0.29) is 5.91 Å². The number of benzene rings is 1. The fourth-order valence-corrected chi connectivity index (χ4v) is 3.38. The molecule has 1 aromatic carbocycles. The van der Waals surface area contributed by atoms with Crippen LogP contribution in [0.3, 0.4) is 0 Å². The first kappa shape index (κ1) is 15.9. The molecule has 1 aliphatic carbocycles. The Morgan fingerprint density at radius 2 is 2.09 bits per heavy atom. The lowest BCUT2D eigenvalue weighted by molar-refractivity contribution is -0.128. The fourth-order valence-electron chi connectivity index (χ4n) is 2.46. The van der Waals surface area contributed by atoms with E-state index in [1.54, 1.807) is 0 Å². The van der Waals surface area contributed by atoms with Gasteiger partial charge >= 0.3 is 0 Å². The molecule has 1 fully saturated rings. The average molecular weight is 331 g/mol. The van der Waals surface area contributed by atoms with Gasteiger partial charge in [0, 0.05) is 19.1 Å². The van der Waals surface area contributed by atoms with Gasteiger partial charge in [0.2, 0.25) is 11.9 Å². The molecule has 23 heavy (non-hydrogen) atoms. The SMILES string of the molecule is CCN(Cc1ccccc1)C(=O)CSc1nnc(N)n1C1CC1. The number of thioether (sulfide) groups is 1. The molecule has 0 spiro atoms. The van der Waals surface area contributed by atoms with Crippen LogP contribution < -0.4 is 5.73 Å². The molecule has 0 radical (unpaired) electrons. The van der Waals surface area contributed by atoms with Crippen molar-refractivity contribution in [2.45, 2.75) is 37.5 Å². The number of carbonyl (C=O) groups excluding carboxylic acids is 1. The van der Waals surface area contributed by atoms with E-state index in [9.17, 15) is 4.79 Å². The van der Waals surface area contributed by atoms with Crippen molar-refractivity contribution < 1.29 is 4.79 Å². The quantitative estimate of drug-likeness (QED) is 0.788. The zero-order valence-corrected chi connectivity index (χ0v) is 14.0. The highest BCUT2D eigenvalue weighted by molar-refractivity contribution is 7.99. The van der Waals surface area contributed by atoms with Crippen LogP contribution in [0.4, 0.5) is 5.95 Å². The van der Waals surface area contributed by atoms with E-state index in [4.69, 9.17) is 5.73 Å². The second-order valence-electron chi connectivity index (χ2n) is 5.62. The molecular formula is C16H21N5OS. The van der Waals surface area contributed by atoms with Crippen molar-refractivity contribution in [2.24, 2.45) is 0 Å². The molecule has 0 unspecified atom stereocenters. The Morgan fingerprint density at radius 3 is 2.74 bits per heavy atom. The molecule has 1 aromatic heterocycles. The maximum absolute atomic E-state index is 12.5. The number of nitrogen functional groups attached to an aromatic ring is 1. The lowest BCUT2D eigenvalue weighted by Gasteiger charge is -2.20. The third-order valence-corrected chi connectivity index (χ3v) is 4.81. The summed E-state index contributed by atoms with van der Waals surface area (Å²) in [5, 5.41) is 8.78. The van der Waals surface area contributed by atoms with Gasteiger partial charge in [-0.1, -0.05) is 42.1 Å². The van der Waals surface area contributed by atoms with Gasteiger partial charge in [-0.25, -0.2) is 0 Å². The van der Waals surface area contributed by atoms with Gasteiger partial charge < -0.3 is 10.6 Å². The summed E-state index contributed by atoms with van der Waals surface area (Å²) in [6, 6.07) is 10.4. The minimum Gasteiger partial charge on any atom is -0.368 e. The first-order valence-electron chi connectivity index (χ1n) is 7.84. The first-order valence-corrected chi connectivity index (χ1v) is 8.82. The summed E-state index contributed by atoms with van der Waals surface area (Å²) < 4.78 is 1.95. The van der Waals surface area contributed by atoms with E-state index in [1.807, 2.05) is 46.7 Å². The lowest BCUT2D eigenvalue weighted by Crippen LogP contribution is -2.31. The van der Waals surface area contributed by atoms with E-state index in [1.165, 1.54) is 11.8 Å². The van der Waals surface area contributed by atoms with Crippen molar-refractivity contribution in [3.05, 3.63) is 35.9 Å². The van der Waals surface area contributed by atoms with E-state index < -0.39 is 0 Å². The van der Waals surface area contributed by atoms with Crippen LogP contribution in [0.1, 0.15) is 31.4 Å². The zero-order chi connectivity index (χ0) is 16.2. The second-order valence-corrected chi connectivity index (χ2v) is 6.57. The van der Waals surface area contributed by atoms with Gasteiger partial charge in [-0.15, -0.1) is 10.2 Å². The molecular weight excluding hydrogens is 310 g/mol. The van der Waals surface area contributed by atoms with Crippen molar-refractivity contribution in [3.63, 3.8) is 0 Å². The summed E-state index contributed by atoms with van der Waals surface area (Å²) in [6.07, 6.45) is 2.22. The number of rotatable bonds is 7. The summed E-state index contributed by atoms with van der Waals surface area (Å²) in [7, 11) is 0. The number of carbonyl (C=O) groups is 1. The number of nitrogens with zero attached hydrogens (tertiary/aromatic N) is 4. The Kier molecular flexibility index (Phi) is 4.85. The van der Waals surface area contributed by atoms with Crippen LogP contribution in [0.5, 0.6) is 0 Å². The minimum absolute atomic E-state index is 0.102. The average Bonchev–Trinajstić information content (AvgIpc) is 3.34. The zero-order valence-electron chi connectivity index (χ0n) is 13.2. The molecule has 1 amide bonds. The lowest BCUT2D eigenvalue weighted by atomic mass is 10.2. The van der Waals surface area contributed by atoms with E-state index in [0.29, 0.717) is 30.8 Å². The topological polar surface area (TPSA) is 77.0 Å². The molecule has 2 N–H and O–H groups in total. The molecule has 6 nitrogen and oxygen atoms in total. The van der Waals surface area contributed by atoms with Gasteiger partial charge in [-0.2, -0.15) is 0 Å². The Bertz CT molecular complexity index is 668. The Labute approximate surface area is 140 Å². The summed E-state index contributed by atoms with van der Waals surface area (Å²) in [5.74, 6) is 0.898. The Morgan fingerprint density at radius 1 is 1.35 bits per heavy atom. The Hall–Kier alpha value is -2.02. The van der Waals surface area contributed by atoms with Crippen LogP contribution in [-0.2, 0) is 11.3 Å². The van der Waals surface area contributed by atoms with E-state index >= 15 is 0 Å². The maximum atomic E-state index is 12.5. The molecule has 1 aliphatic rings. The first-order chi connectivity index (χ1) is 11.2. The molecule has 0 atom stereocenters. The van der Waals surface area contributed by atoms with Gasteiger partial charge in [0.15, 0.2) is 5.16 Å². The predicted molar refractivity (Wildman–Crippen MR) is 91.0 cm³/mol. The Balaban J connectivity index is 1.59. The molecule has 7 heteroatoms. The highest BCUT2D eigenvalue weighted by Crippen LogP contribution is 2.39. The number of hydrogen-bond donors (Lipinski definition) is 1. The third-order valence-electron chi connectivity index (χ3n) is 3.88. The standard InChI is InChI=1S/C16H21N5OS/c1-2-20(10-12-6-4-3-5-7-12)14(22)11-23-16-19-18-15(17)21(16)13-8-9-13/h3-7,13H,2,8-11H2,1H3,(H2,17,18). The van der Waals surface area contributed by atoms with Crippen molar-refractivity contribution in [3.8, 4) is 0 Å². The van der Waals surface area contributed by atoms with Crippen molar-refractivity contribution in [2.75, 3.05) is 18.0 Å². The van der Waals surface area contributed by atoms with Crippen molar-refractivity contribution in [1.82, 2.24) is 19.7 Å². The smallest absolute Gasteiger partial charge is 0.233 e. The van der Waals surface area contributed by atoms with Gasteiger partial charge in [0.05, 0.1) is 5.75 Å². The van der Waals surface area contributed by atoms with Crippen molar-refractivity contribution >= 4 is 23.6 Å². The molecule has 122 valence electrons. The molecule has 0 saturated heterocycles. The van der Waals surface area contributed by atoms with Crippen LogP contribution in [0, 0.1) is 0 Å². The predicted octanol–water partition coefficient (Wildman–Crippen LogP) is 2.34. The summed E-state index contributed by atoms with van der Waals surface area (Å²) in [4.78, 5) is 14.3. The van der Waals surface area contributed by atoms with E-state index in [2.05, 4.69) is 10.2 Å². The summed E-state index contributed by atoms with van der Waals surface area (Å²) in [5.41, 5.74) is 6.99. The number of nitrogens with two attached hydrogens (primary N) is 1. The molecule has 0 bridgehead atoms. The summed E-state index contributed by atoms with van der Waals surface area (Å²) >= 11 is 1.42. The number of aromatic nitrogens is 3. The summed E-state index contributed by atoms with van der Waals surface area (Å²) in [6.45, 7) is 3.32. The van der Waals surface area contributed by atoms with Crippen LogP contribution >= 0.6 is 11.8 Å². The maximum Gasteiger partial charge on any atom is 0.233 e. The molecule has 3 rings (SSSR count). The fraction of sp³-hybridized carbons (Fsp3) is 0.438. The highest BCUT2D eigenvalue weighted by atomic mass is 32.2. The van der Waals surface area contributed by atoms with Crippen molar-refractivity contribution in [1.29, 1.82) is 0 Å². The van der Waals surface area contributed by atoms with Gasteiger partial charge in [0.25, 0.3) is 0 Å². The molecule has 0 aliphatic heterocycles. The largest absolute Gasteiger partial charge is 0.368 e. The highest BCUT2D eigenvalue weighted by Gasteiger charge is 2.29. The molecule has 1 saturated carbocycles. The van der Waals surface area contributed by atoms with Crippen LogP contribution in [0.2, 0.25) is 0 Å². The number of anilines is 1. The van der Waals surface area contributed by atoms with Gasteiger partial charge in [-0.05, 0) is 25.3 Å². The normalized spacial score (nSPS) is 14.0. The second kappa shape index (κ2) is 7.04. The number of hydrogen-bond acceptors (Lipinski definition) is 5. The van der Waals surface area contributed by atoms with Gasteiger partial charge in [-0.3, -0.25) is 9.36 Å². The van der Waals surface area contributed by atoms with Gasteiger partial charge in [0.1, 0.15) is 0 Å². The number of amides is 1. The van der Waals surface area contributed by atoms with Crippen LogP contribution in [0.15, 0.2) is 35.5 Å². The van der Waals surface area contributed by atoms with E-state index in [0.717, 1.165) is 23.6 Å². The molecule has 1 heterocycles.